The van der Waals surface area contributed by atoms with Crippen molar-refractivity contribution in [2.45, 2.75) is 24.9 Å². The maximum Gasteiger partial charge on any atom is 0.352 e. The molecule has 154 valence electrons. The molecular weight excluding hydrogens is 392 g/mol. The maximum atomic E-state index is 12.9. The molecule has 3 atom stereocenters. The lowest BCUT2D eigenvalue weighted by Gasteiger charge is -2.48. The van der Waals surface area contributed by atoms with Crippen molar-refractivity contribution in [1.29, 1.82) is 0 Å². The van der Waals surface area contributed by atoms with E-state index >= 15 is 0 Å². The fourth-order valence-electron chi connectivity index (χ4n) is 4.93. The van der Waals surface area contributed by atoms with E-state index in [0.717, 1.165) is 0 Å². The van der Waals surface area contributed by atoms with E-state index in [4.69, 9.17) is 0 Å². The number of carbonyl (C=O) groups is 3. The first kappa shape index (κ1) is 18.5. The minimum Gasteiger partial charge on any atom is -0.477 e. The van der Waals surface area contributed by atoms with Gasteiger partial charge >= 0.3 is 5.97 Å². The summed E-state index contributed by atoms with van der Waals surface area (Å²) in [5.74, 6) is -1.62. The Kier molecular flexibility index (Phi) is 4.00. The summed E-state index contributed by atoms with van der Waals surface area (Å²) < 4.78 is 0. The molecule has 0 aliphatic carbocycles. The molecule has 10 nitrogen and oxygen atoms in total. The molecule has 30 heavy (non-hydrogen) atoms. The number of hydrogen-bond acceptors (Lipinski definition) is 6. The Morgan fingerprint density at radius 3 is 2.87 bits per heavy atom. The highest BCUT2D eigenvalue weighted by molar-refractivity contribution is 6.09. The van der Waals surface area contributed by atoms with Crippen LogP contribution in [0.2, 0.25) is 0 Å². The fourth-order valence-corrected chi connectivity index (χ4v) is 4.93. The highest BCUT2D eigenvalue weighted by Crippen LogP contribution is 2.44. The smallest absolute Gasteiger partial charge is 0.352 e. The Balaban J connectivity index is 1.47. The highest BCUT2D eigenvalue weighted by atomic mass is 16.6. The van der Waals surface area contributed by atoms with Crippen LogP contribution in [0.25, 0.3) is 0 Å². The first-order valence-electron chi connectivity index (χ1n) is 9.66. The van der Waals surface area contributed by atoms with Crippen molar-refractivity contribution in [3.63, 3.8) is 0 Å². The van der Waals surface area contributed by atoms with Crippen LogP contribution in [0.3, 0.4) is 0 Å². The monoisotopic (exact) mass is 410 g/mol. The molecule has 3 fully saturated rings. The number of anilines is 1. The molecule has 4 heterocycles. The Morgan fingerprint density at radius 1 is 1.33 bits per heavy atom. The van der Waals surface area contributed by atoms with Crippen molar-refractivity contribution in [3.05, 3.63) is 57.3 Å². The molecule has 4 aliphatic heterocycles. The summed E-state index contributed by atoms with van der Waals surface area (Å²) in [5, 5.41) is 23.9. The molecule has 0 radical (unpaired) electrons. The number of allylic oxidation sites excluding steroid dienone is 2. The largest absolute Gasteiger partial charge is 0.477 e. The van der Waals surface area contributed by atoms with Crippen molar-refractivity contribution in [2.75, 3.05) is 18.0 Å². The van der Waals surface area contributed by atoms with Gasteiger partial charge in [0, 0.05) is 30.8 Å². The summed E-state index contributed by atoms with van der Waals surface area (Å²) in [6.07, 6.45) is 2.46. The lowest BCUT2D eigenvalue weighted by atomic mass is 9.79. The quantitative estimate of drug-likeness (QED) is 0.325. The van der Waals surface area contributed by atoms with Gasteiger partial charge in [0.1, 0.15) is 11.7 Å². The lowest BCUT2D eigenvalue weighted by Crippen LogP contribution is -2.68. The lowest BCUT2D eigenvalue weighted by molar-refractivity contribution is -0.384. The number of nitro groups is 1. The molecule has 3 saturated heterocycles. The number of aliphatic carboxylic acids is 1. The predicted octanol–water partition coefficient (Wildman–Crippen LogP) is 0.799. The maximum absolute atomic E-state index is 12.9. The van der Waals surface area contributed by atoms with E-state index in [1.165, 1.54) is 28.0 Å². The minimum atomic E-state index is -1.18. The SMILES string of the molecule is O=C(O)C1=C(C=C2CCN(c3cccc([N+](=O)[O-])c3)C2=O)CC2CNC3C(=O)N1[C@H]23. The van der Waals surface area contributed by atoms with Crippen LogP contribution in [-0.4, -0.2) is 57.9 Å². The van der Waals surface area contributed by atoms with Crippen LogP contribution in [0, 0.1) is 16.0 Å². The number of non-ortho nitro benzene ring substituents is 1. The van der Waals surface area contributed by atoms with Crippen LogP contribution in [0.5, 0.6) is 0 Å². The van der Waals surface area contributed by atoms with Crippen LogP contribution in [0.15, 0.2) is 47.2 Å². The van der Waals surface area contributed by atoms with Gasteiger partial charge in [-0.2, -0.15) is 0 Å². The molecule has 0 aromatic heterocycles. The molecule has 2 amide bonds. The second kappa shape index (κ2) is 6.49. The zero-order valence-corrected chi connectivity index (χ0v) is 15.8. The standard InChI is InChI=1S/C20H18N4O6/c25-18-10(4-5-22(18)13-2-1-3-14(8-13)24(29)30)6-11-7-12-9-21-15-16(12)23(19(15)26)17(11)20(27)28/h1-3,6,8,12,15-16,21H,4-5,7,9H2,(H,27,28)/t12?,15?,16-/m1/s1. The summed E-state index contributed by atoms with van der Waals surface area (Å²) >= 11 is 0. The van der Waals surface area contributed by atoms with Crippen molar-refractivity contribution in [3.8, 4) is 0 Å². The third kappa shape index (κ3) is 2.57. The van der Waals surface area contributed by atoms with Gasteiger partial charge in [0.2, 0.25) is 5.91 Å². The number of rotatable bonds is 4. The number of carboxylic acid groups (broad SMARTS) is 1. The molecule has 4 aliphatic rings. The third-order valence-electron chi connectivity index (χ3n) is 6.28. The van der Waals surface area contributed by atoms with E-state index in [1.807, 2.05) is 0 Å². The number of amides is 2. The minimum absolute atomic E-state index is 0.0460. The molecule has 2 N–H and O–H groups in total. The second-order valence-corrected chi connectivity index (χ2v) is 7.88. The molecule has 5 rings (SSSR count). The zero-order valence-electron chi connectivity index (χ0n) is 15.8. The number of carboxylic acids is 1. The van der Waals surface area contributed by atoms with E-state index < -0.39 is 10.9 Å². The molecule has 1 aromatic rings. The third-order valence-corrected chi connectivity index (χ3v) is 6.28. The van der Waals surface area contributed by atoms with E-state index in [0.29, 0.717) is 42.8 Å². The van der Waals surface area contributed by atoms with Gasteiger partial charge in [-0.1, -0.05) is 6.07 Å². The van der Waals surface area contributed by atoms with Gasteiger partial charge < -0.3 is 15.3 Å². The first-order valence-corrected chi connectivity index (χ1v) is 9.66. The number of nitrogens with zero attached hydrogens (tertiary/aromatic N) is 3. The average Bonchev–Trinajstić information content (AvgIpc) is 3.29. The van der Waals surface area contributed by atoms with E-state index in [1.54, 1.807) is 12.1 Å². The van der Waals surface area contributed by atoms with Gasteiger partial charge in [0.25, 0.3) is 11.6 Å². The summed E-state index contributed by atoms with van der Waals surface area (Å²) in [5.41, 5.74) is 1.18. The summed E-state index contributed by atoms with van der Waals surface area (Å²) in [6, 6.07) is 5.41. The summed E-state index contributed by atoms with van der Waals surface area (Å²) in [7, 11) is 0. The zero-order chi connectivity index (χ0) is 21.2. The summed E-state index contributed by atoms with van der Waals surface area (Å²) in [4.78, 5) is 50.5. The number of nitro benzene ring substituents is 1. The first-order chi connectivity index (χ1) is 14.4. The number of β-lactam (4-membered cyclic amide) rings is 1. The highest BCUT2D eigenvalue weighted by Gasteiger charge is 2.59. The van der Waals surface area contributed by atoms with Gasteiger partial charge in [-0.05, 0) is 36.5 Å². The van der Waals surface area contributed by atoms with Crippen LogP contribution < -0.4 is 10.2 Å². The van der Waals surface area contributed by atoms with Gasteiger partial charge in [0.05, 0.1) is 16.7 Å². The van der Waals surface area contributed by atoms with Crippen LogP contribution in [-0.2, 0) is 14.4 Å². The van der Waals surface area contributed by atoms with Gasteiger partial charge in [-0.25, -0.2) is 4.79 Å². The van der Waals surface area contributed by atoms with Crippen LogP contribution >= 0.6 is 0 Å². The van der Waals surface area contributed by atoms with Crippen molar-refractivity contribution in [2.24, 2.45) is 5.92 Å². The molecule has 0 spiro atoms. The fraction of sp³-hybridized carbons (Fsp3) is 0.350. The Morgan fingerprint density at radius 2 is 2.13 bits per heavy atom. The molecule has 0 saturated carbocycles. The van der Waals surface area contributed by atoms with Crippen molar-refractivity contribution in [1.82, 2.24) is 10.2 Å². The normalized spacial score (nSPS) is 28.8. The Labute approximate surface area is 170 Å². The van der Waals surface area contributed by atoms with Crippen LogP contribution in [0.1, 0.15) is 12.8 Å². The predicted molar refractivity (Wildman–Crippen MR) is 103 cm³/mol. The topological polar surface area (TPSA) is 133 Å². The second-order valence-electron chi connectivity index (χ2n) is 7.88. The Hall–Kier alpha value is -3.53. The van der Waals surface area contributed by atoms with Crippen molar-refractivity contribution >= 4 is 29.2 Å². The molecule has 0 bridgehead atoms. The van der Waals surface area contributed by atoms with Crippen LogP contribution in [0.4, 0.5) is 11.4 Å². The molecule has 1 aromatic carbocycles. The van der Waals surface area contributed by atoms with E-state index in [9.17, 15) is 29.6 Å². The molecular formula is C20H18N4O6. The van der Waals surface area contributed by atoms with Gasteiger partial charge in [0.15, 0.2) is 0 Å². The molecule has 2 unspecified atom stereocenters. The number of nitrogens with one attached hydrogen (secondary N) is 1. The van der Waals surface area contributed by atoms with Crippen molar-refractivity contribution < 1.29 is 24.4 Å². The summed E-state index contributed by atoms with van der Waals surface area (Å²) in [6.45, 7) is 0.977. The number of hydrogen-bond donors (Lipinski definition) is 2. The van der Waals surface area contributed by atoms with Gasteiger partial charge in [-0.15, -0.1) is 0 Å². The van der Waals surface area contributed by atoms with E-state index in [2.05, 4.69) is 5.32 Å². The molecule has 10 heteroatoms. The average molecular weight is 410 g/mol. The van der Waals surface area contributed by atoms with Gasteiger partial charge in [-0.3, -0.25) is 24.6 Å². The van der Waals surface area contributed by atoms with E-state index in [-0.39, 0.29) is 41.2 Å². The number of carbonyl (C=O) groups excluding carboxylic acids is 2. The number of benzene rings is 1. The Bertz CT molecular complexity index is 1080.